The molecule has 3 N–H and O–H groups in total. The molecule has 170 valence electrons. The van der Waals surface area contributed by atoms with Gasteiger partial charge in [0.05, 0.1) is 12.2 Å². The summed E-state index contributed by atoms with van der Waals surface area (Å²) in [6, 6.07) is 34.2. The van der Waals surface area contributed by atoms with Crippen molar-refractivity contribution >= 4 is 51.9 Å². The number of hydrazine groups is 1. The maximum atomic E-state index is 12.3. The Hall–Kier alpha value is -3.87. The van der Waals surface area contributed by atoms with Gasteiger partial charge in [0, 0.05) is 22.0 Å². The first kappa shape index (κ1) is 23.3. The van der Waals surface area contributed by atoms with Crippen LogP contribution in [-0.2, 0) is 6.54 Å². The molecule has 4 aromatic carbocycles. The first-order valence-corrected chi connectivity index (χ1v) is 11.5. The van der Waals surface area contributed by atoms with Crippen molar-refractivity contribution in [1.82, 2.24) is 5.43 Å². The number of halogens is 1. The molecule has 4 aromatic rings. The average Bonchev–Trinajstić information content (AvgIpc) is 2.88. The van der Waals surface area contributed by atoms with Crippen LogP contribution in [0.2, 0.25) is 5.02 Å². The predicted octanol–water partition coefficient (Wildman–Crippen LogP) is 6.50. The summed E-state index contributed by atoms with van der Waals surface area (Å²) in [4.78, 5) is 14.3. The number of hydrogen-bond donors (Lipinski definition) is 3. The Labute approximate surface area is 209 Å². The van der Waals surface area contributed by atoms with Crippen molar-refractivity contribution in [3.63, 3.8) is 0 Å². The van der Waals surface area contributed by atoms with Crippen LogP contribution in [0.3, 0.4) is 0 Å². The van der Waals surface area contributed by atoms with Gasteiger partial charge in [-0.25, -0.2) is 0 Å². The summed E-state index contributed by atoms with van der Waals surface area (Å²) in [5.41, 5.74) is 9.72. The summed E-state index contributed by atoms with van der Waals surface area (Å²) in [6.07, 6.45) is 0. The zero-order valence-electron chi connectivity index (χ0n) is 18.2. The van der Waals surface area contributed by atoms with Crippen LogP contribution < -0.4 is 21.1 Å². The molecule has 0 spiro atoms. The van der Waals surface area contributed by atoms with Gasteiger partial charge >= 0.3 is 0 Å². The van der Waals surface area contributed by atoms with Crippen molar-refractivity contribution in [3.8, 4) is 0 Å². The maximum absolute atomic E-state index is 12.3. The number of carbonyl (C=O) groups is 1. The third kappa shape index (κ3) is 6.13. The van der Waals surface area contributed by atoms with E-state index in [1.165, 1.54) is 0 Å². The lowest BCUT2D eigenvalue weighted by atomic mass is 10.2. The Morgan fingerprint density at radius 1 is 0.765 bits per heavy atom. The topological polar surface area (TPSA) is 56.4 Å². The van der Waals surface area contributed by atoms with E-state index in [9.17, 15) is 4.79 Å². The molecule has 0 radical (unpaired) electrons. The summed E-state index contributed by atoms with van der Waals surface area (Å²) in [5.74, 6) is -0.210. The number of nitrogens with one attached hydrogen (secondary N) is 3. The summed E-state index contributed by atoms with van der Waals surface area (Å²) in [5, 5.41) is 4.52. The number of para-hydroxylation sites is 1. The molecule has 0 aliphatic rings. The Kier molecular flexibility index (Phi) is 7.75. The number of amides is 1. The van der Waals surface area contributed by atoms with Gasteiger partial charge in [0.25, 0.3) is 5.91 Å². The van der Waals surface area contributed by atoms with Crippen LogP contribution in [0, 0.1) is 0 Å². The standard InChI is InChI=1S/C27H23ClN4OS/c28-25-14-8-7-11-21(25)19-32(27(34)29-22-12-5-2-6-13-22)24-17-15-23(16-18-24)30-31-26(33)20-9-3-1-4-10-20/h1-18,30H,19H2,(H,29,34)(H,31,33). The molecule has 4 rings (SSSR count). The second-order valence-electron chi connectivity index (χ2n) is 7.47. The third-order valence-electron chi connectivity index (χ3n) is 5.09. The monoisotopic (exact) mass is 486 g/mol. The minimum atomic E-state index is -0.210. The molecule has 0 heterocycles. The number of hydrogen-bond acceptors (Lipinski definition) is 3. The van der Waals surface area contributed by atoms with Crippen molar-refractivity contribution in [2.45, 2.75) is 6.54 Å². The highest BCUT2D eigenvalue weighted by atomic mass is 35.5. The first-order valence-electron chi connectivity index (χ1n) is 10.7. The minimum Gasteiger partial charge on any atom is -0.332 e. The molecule has 0 bridgehead atoms. The molecule has 7 heteroatoms. The van der Waals surface area contributed by atoms with Gasteiger partial charge in [0.1, 0.15) is 0 Å². The third-order valence-corrected chi connectivity index (χ3v) is 5.78. The van der Waals surface area contributed by atoms with Gasteiger partial charge in [-0.3, -0.25) is 15.6 Å². The summed E-state index contributed by atoms with van der Waals surface area (Å²) >= 11 is 12.2. The SMILES string of the molecule is O=C(NNc1ccc(N(Cc2ccccc2Cl)C(=S)Nc2ccccc2)cc1)c1ccccc1. The van der Waals surface area contributed by atoms with Crippen LogP contribution in [0.15, 0.2) is 109 Å². The first-order chi connectivity index (χ1) is 16.6. The Bertz CT molecular complexity index is 1250. The normalized spacial score (nSPS) is 10.3. The average molecular weight is 487 g/mol. The Balaban J connectivity index is 1.50. The van der Waals surface area contributed by atoms with Crippen LogP contribution in [0.25, 0.3) is 0 Å². The van der Waals surface area contributed by atoms with E-state index < -0.39 is 0 Å². The zero-order valence-corrected chi connectivity index (χ0v) is 19.8. The smallest absolute Gasteiger partial charge is 0.269 e. The molecule has 34 heavy (non-hydrogen) atoms. The van der Waals surface area contributed by atoms with E-state index in [2.05, 4.69) is 16.2 Å². The Morgan fingerprint density at radius 2 is 1.38 bits per heavy atom. The predicted molar refractivity (Wildman–Crippen MR) is 144 cm³/mol. The van der Waals surface area contributed by atoms with Gasteiger partial charge in [0.2, 0.25) is 0 Å². The lowest BCUT2D eigenvalue weighted by Gasteiger charge is -2.27. The number of benzene rings is 4. The fourth-order valence-electron chi connectivity index (χ4n) is 3.31. The molecule has 0 saturated heterocycles. The number of thiocarbonyl (C=S) groups is 1. The van der Waals surface area contributed by atoms with Gasteiger partial charge in [-0.2, -0.15) is 0 Å². The molecule has 0 aliphatic heterocycles. The molecule has 0 aliphatic carbocycles. The minimum absolute atomic E-state index is 0.210. The van der Waals surface area contributed by atoms with E-state index in [0.29, 0.717) is 22.2 Å². The van der Waals surface area contributed by atoms with Gasteiger partial charge < -0.3 is 10.2 Å². The molecule has 5 nitrogen and oxygen atoms in total. The Morgan fingerprint density at radius 3 is 2.06 bits per heavy atom. The van der Waals surface area contributed by atoms with Crippen LogP contribution in [0.1, 0.15) is 15.9 Å². The molecule has 0 aromatic heterocycles. The van der Waals surface area contributed by atoms with Crippen molar-refractivity contribution in [2.24, 2.45) is 0 Å². The summed E-state index contributed by atoms with van der Waals surface area (Å²) in [6.45, 7) is 0.496. The molecule has 0 fully saturated rings. The van der Waals surface area contributed by atoms with E-state index in [1.54, 1.807) is 12.1 Å². The highest BCUT2D eigenvalue weighted by Crippen LogP contribution is 2.24. The largest absolute Gasteiger partial charge is 0.332 e. The molecule has 0 unspecified atom stereocenters. The second kappa shape index (κ2) is 11.3. The van der Waals surface area contributed by atoms with E-state index >= 15 is 0 Å². The molecule has 0 saturated carbocycles. The van der Waals surface area contributed by atoms with Gasteiger partial charge in [-0.1, -0.05) is 66.2 Å². The van der Waals surface area contributed by atoms with E-state index in [1.807, 2.05) is 102 Å². The maximum Gasteiger partial charge on any atom is 0.269 e. The van der Waals surface area contributed by atoms with Crippen molar-refractivity contribution in [3.05, 3.63) is 125 Å². The quantitative estimate of drug-likeness (QED) is 0.205. The molecule has 1 amide bonds. The highest BCUT2D eigenvalue weighted by molar-refractivity contribution is 7.80. The summed E-state index contributed by atoms with van der Waals surface area (Å²) in [7, 11) is 0. The van der Waals surface area contributed by atoms with Gasteiger partial charge in [-0.05, 0) is 72.4 Å². The lowest BCUT2D eigenvalue weighted by Crippen LogP contribution is -2.34. The van der Waals surface area contributed by atoms with Crippen LogP contribution >= 0.6 is 23.8 Å². The zero-order chi connectivity index (χ0) is 23.8. The van der Waals surface area contributed by atoms with Crippen LogP contribution in [0.5, 0.6) is 0 Å². The number of nitrogens with zero attached hydrogens (tertiary/aromatic N) is 1. The van der Waals surface area contributed by atoms with Gasteiger partial charge in [0.15, 0.2) is 5.11 Å². The number of anilines is 3. The van der Waals surface area contributed by atoms with Crippen LogP contribution in [0.4, 0.5) is 17.1 Å². The number of rotatable bonds is 7. The summed E-state index contributed by atoms with van der Waals surface area (Å²) < 4.78 is 0. The van der Waals surface area contributed by atoms with E-state index in [-0.39, 0.29) is 5.91 Å². The second-order valence-corrected chi connectivity index (χ2v) is 8.26. The lowest BCUT2D eigenvalue weighted by molar-refractivity contribution is 0.0962. The van der Waals surface area contributed by atoms with E-state index in [0.717, 1.165) is 22.6 Å². The number of carbonyl (C=O) groups excluding carboxylic acids is 1. The van der Waals surface area contributed by atoms with Crippen molar-refractivity contribution in [2.75, 3.05) is 15.6 Å². The fraction of sp³-hybridized carbons (Fsp3) is 0.0370. The van der Waals surface area contributed by atoms with Crippen molar-refractivity contribution < 1.29 is 4.79 Å². The molecular weight excluding hydrogens is 464 g/mol. The molecular formula is C27H23ClN4OS. The van der Waals surface area contributed by atoms with Crippen LogP contribution in [-0.4, -0.2) is 11.0 Å². The van der Waals surface area contributed by atoms with Crippen molar-refractivity contribution in [1.29, 1.82) is 0 Å². The highest BCUT2D eigenvalue weighted by Gasteiger charge is 2.15. The van der Waals surface area contributed by atoms with Gasteiger partial charge in [-0.15, -0.1) is 0 Å². The fourth-order valence-corrected chi connectivity index (χ4v) is 3.79. The molecule has 0 atom stereocenters. The van der Waals surface area contributed by atoms with E-state index in [4.69, 9.17) is 23.8 Å².